The molecule has 2 heterocycles. The first-order valence-corrected chi connectivity index (χ1v) is 15.2. The van der Waals surface area contributed by atoms with Crippen LogP contribution in [0, 0.1) is 22.7 Å². The number of amides is 1. The molecule has 1 aromatic carbocycles. The fraction of sp³-hybridized carbons (Fsp3) is 0.586. The molecule has 39 heavy (non-hydrogen) atoms. The van der Waals surface area contributed by atoms with Crippen molar-refractivity contribution in [3.05, 3.63) is 47.9 Å². The van der Waals surface area contributed by atoms with Crippen molar-refractivity contribution in [2.75, 3.05) is 25.6 Å². The zero-order valence-corrected chi connectivity index (χ0v) is 24.0. The molecule has 1 aliphatic heterocycles. The van der Waals surface area contributed by atoms with E-state index in [0.29, 0.717) is 30.1 Å². The lowest BCUT2D eigenvalue weighted by Crippen LogP contribution is -2.50. The molecule has 1 aromatic heterocycles. The van der Waals surface area contributed by atoms with Gasteiger partial charge >= 0.3 is 0 Å². The van der Waals surface area contributed by atoms with Gasteiger partial charge in [0.15, 0.2) is 11.5 Å². The minimum Gasteiger partial charge on any atom is -0.467 e. The summed E-state index contributed by atoms with van der Waals surface area (Å²) < 4.78 is 45.6. The van der Waals surface area contributed by atoms with Gasteiger partial charge in [-0.1, -0.05) is 33.8 Å². The zero-order valence-electron chi connectivity index (χ0n) is 23.1. The van der Waals surface area contributed by atoms with Gasteiger partial charge in [-0.25, -0.2) is 8.42 Å². The highest BCUT2D eigenvalue weighted by Gasteiger charge is 2.65. The molecule has 0 radical (unpaired) electrons. The quantitative estimate of drug-likeness (QED) is 0.407. The van der Waals surface area contributed by atoms with Gasteiger partial charge in [0.05, 0.1) is 25.1 Å². The molecule has 0 saturated heterocycles. The average molecular weight is 559 g/mol. The third kappa shape index (κ3) is 5.20. The lowest BCUT2D eigenvalue weighted by atomic mass is 9.70. The Morgan fingerprint density at radius 3 is 2.54 bits per heavy atom. The molecular weight excluding hydrogens is 520 g/mol. The summed E-state index contributed by atoms with van der Waals surface area (Å²) in [5.41, 5.74) is -0.448. The molecule has 212 valence electrons. The molecule has 0 N–H and O–H groups in total. The van der Waals surface area contributed by atoms with Crippen molar-refractivity contribution < 1.29 is 31.9 Å². The summed E-state index contributed by atoms with van der Waals surface area (Å²) in [6, 6.07) is 9.03. The van der Waals surface area contributed by atoms with E-state index in [-0.39, 0.29) is 67.7 Å². The maximum Gasteiger partial charge on any atom is 0.238 e. The highest BCUT2D eigenvalue weighted by atomic mass is 32.2. The second kappa shape index (κ2) is 10.3. The van der Waals surface area contributed by atoms with Gasteiger partial charge in [0.1, 0.15) is 11.5 Å². The van der Waals surface area contributed by atoms with E-state index in [2.05, 4.69) is 0 Å². The van der Waals surface area contributed by atoms with Gasteiger partial charge in [-0.05, 0) is 59.9 Å². The Morgan fingerprint density at radius 2 is 1.90 bits per heavy atom. The van der Waals surface area contributed by atoms with Gasteiger partial charge < -0.3 is 18.8 Å². The summed E-state index contributed by atoms with van der Waals surface area (Å²) in [7, 11) is -3.92. The van der Waals surface area contributed by atoms with E-state index in [4.69, 9.17) is 13.9 Å². The number of fused-ring (bicyclic) bond motifs is 3. The topological polar surface area (TPSA) is 106 Å². The van der Waals surface area contributed by atoms with Crippen LogP contribution in [0.2, 0.25) is 0 Å². The predicted molar refractivity (Wildman–Crippen MR) is 144 cm³/mol. The third-order valence-electron chi connectivity index (χ3n) is 8.93. The molecule has 1 amide bonds. The minimum absolute atomic E-state index is 0.000995. The average Bonchev–Trinajstić information content (AvgIpc) is 3.62. The van der Waals surface area contributed by atoms with Crippen LogP contribution in [0.15, 0.2) is 41.0 Å². The number of ketones is 1. The highest BCUT2D eigenvalue weighted by Crippen LogP contribution is 2.64. The van der Waals surface area contributed by atoms with Gasteiger partial charge in [0.2, 0.25) is 22.7 Å². The first-order valence-electron chi connectivity index (χ1n) is 13.6. The summed E-state index contributed by atoms with van der Waals surface area (Å²) >= 11 is 0. The molecule has 2 unspecified atom stereocenters. The van der Waals surface area contributed by atoms with Crippen LogP contribution < -0.4 is 9.47 Å². The number of sulfonamides is 1. The van der Waals surface area contributed by atoms with Crippen molar-refractivity contribution in [2.45, 2.75) is 60.0 Å². The molecule has 2 atom stereocenters. The van der Waals surface area contributed by atoms with Gasteiger partial charge in [-0.15, -0.1) is 0 Å². The van der Waals surface area contributed by atoms with E-state index in [1.54, 1.807) is 29.4 Å². The van der Waals surface area contributed by atoms with Crippen LogP contribution in [0.5, 0.6) is 11.5 Å². The van der Waals surface area contributed by atoms with Crippen LogP contribution in [0.4, 0.5) is 0 Å². The van der Waals surface area contributed by atoms with E-state index in [1.807, 2.05) is 39.8 Å². The van der Waals surface area contributed by atoms with Gasteiger partial charge in [0.25, 0.3) is 0 Å². The van der Waals surface area contributed by atoms with Crippen LogP contribution in [0.3, 0.4) is 0 Å². The number of benzene rings is 1. The molecule has 5 rings (SSSR count). The first kappa shape index (κ1) is 27.7. The van der Waals surface area contributed by atoms with Crippen LogP contribution in [0.1, 0.15) is 58.3 Å². The minimum atomic E-state index is -3.92. The van der Waals surface area contributed by atoms with E-state index in [9.17, 15) is 18.0 Å². The summed E-state index contributed by atoms with van der Waals surface area (Å²) in [4.78, 5) is 28.5. The number of Topliss-reactive ketones (excluding diaryl/α,β-unsaturated/α-hetero) is 1. The molecule has 0 spiro atoms. The Labute approximate surface area is 230 Å². The highest BCUT2D eigenvalue weighted by molar-refractivity contribution is 7.89. The summed E-state index contributed by atoms with van der Waals surface area (Å²) in [5, 5.41) is 0. The second-order valence-electron chi connectivity index (χ2n) is 12.1. The Hall–Kier alpha value is -2.85. The van der Waals surface area contributed by atoms with E-state index >= 15 is 0 Å². The maximum absolute atomic E-state index is 14.0. The van der Waals surface area contributed by atoms with Crippen LogP contribution in [0.25, 0.3) is 0 Å². The summed E-state index contributed by atoms with van der Waals surface area (Å²) in [5.74, 6) is 1.53. The lowest BCUT2D eigenvalue weighted by molar-refractivity contribution is -0.133. The number of rotatable bonds is 11. The van der Waals surface area contributed by atoms with Gasteiger partial charge in [-0.2, -0.15) is 4.31 Å². The Kier molecular flexibility index (Phi) is 7.30. The number of carbonyl (C=O) groups is 2. The molecule has 2 aliphatic carbocycles. The third-order valence-corrected chi connectivity index (χ3v) is 10.9. The Morgan fingerprint density at radius 1 is 1.13 bits per heavy atom. The fourth-order valence-electron chi connectivity index (χ4n) is 6.53. The largest absolute Gasteiger partial charge is 0.467 e. The first-order chi connectivity index (χ1) is 18.4. The van der Waals surface area contributed by atoms with Crippen molar-refractivity contribution in [2.24, 2.45) is 22.7 Å². The molecule has 2 bridgehead atoms. The monoisotopic (exact) mass is 558 g/mol. The number of nitrogens with zero attached hydrogens (tertiary/aromatic N) is 2. The normalized spacial score (nSPS) is 23.2. The fourth-order valence-corrected chi connectivity index (χ4v) is 8.84. The van der Waals surface area contributed by atoms with Crippen molar-refractivity contribution in [1.82, 2.24) is 9.21 Å². The van der Waals surface area contributed by atoms with Crippen LogP contribution in [-0.2, 0) is 32.7 Å². The molecule has 2 saturated carbocycles. The molecular formula is C29H38N2O7S. The number of furan rings is 1. The SMILES string of the molecule is CC(C)CN(CC(=O)N(Cc1ccc2c(c1)OCO2)Cc1ccco1)S(=O)(=O)CC12CCC(CC1=O)C2(C)C. The van der Waals surface area contributed by atoms with Crippen LogP contribution in [-0.4, -0.2) is 54.9 Å². The van der Waals surface area contributed by atoms with Crippen LogP contribution >= 0.6 is 0 Å². The number of ether oxygens (including phenoxy) is 2. The van der Waals surface area contributed by atoms with Gasteiger partial charge in [0, 0.05) is 24.9 Å². The molecule has 2 fully saturated rings. The maximum atomic E-state index is 14.0. The molecule has 2 aromatic rings. The van der Waals surface area contributed by atoms with Gasteiger partial charge in [-0.3, -0.25) is 9.59 Å². The summed E-state index contributed by atoms with van der Waals surface area (Å²) in [6.07, 6.45) is 3.44. The predicted octanol–water partition coefficient (Wildman–Crippen LogP) is 4.22. The lowest BCUT2D eigenvalue weighted by Gasteiger charge is -2.38. The number of hydrogen-bond donors (Lipinski definition) is 0. The van der Waals surface area contributed by atoms with E-state index in [0.717, 1.165) is 12.0 Å². The number of hydrogen-bond acceptors (Lipinski definition) is 7. The second-order valence-corrected chi connectivity index (χ2v) is 14.1. The van der Waals surface area contributed by atoms with Crippen molar-refractivity contribution >= 4 is 21.7 Å². The Balaban J connectivity index is 1.39. The molecule has 9 nitrogen and oxygen atoms in total. The Bertz CT molecular complexity index is 1340. The summed E-state index contributed by atoms with van der Waals surface area (Å²) in [6.45, 7) is 8.37. The molecule has 3 aliphatic rings. The standard InChI is InChI=1S/C29H38N2O7S/c1-20(2)14-31(39(34,35)18-29-10-9-22(13-26(29)32)28(29,3)4)17-27(33)30(16-23-6-5-11-36-23)15-21-7-8-24-25(12-21)38-19-37-24/h5-8,11-12,20,22H,9-10,13-19H2,1-4H3. The van der Waals surface area contributed by atoms with E-state index in [1.165, 1.54) is 4.31 Å². The van der Waals surface area contributed by atoms with E-state index < -0.39 is 15.4 Å². The zero-order chi connectivity index (χ0) is 28.0. The van der Waals surface area contributed by atoms with Crippen molar-refractivity contribution in [1.29, 1.82) is 0 Å². The molecule has 10 heteroatoms. The number of carbonyl (C=O) groups excluding carboxylic acids is 2. The van der Waals surface area contributed by atoms with Crippen molar-refractivity contribution in [3.8, 4) is 11.5 Å². The smallest absolute Gasteiger partial charge is 0.238 e. The van der Waals surface area contributed by atoms with Crippen molar-refractivity contribution in [3.63, 3.8) is 0 Å².